The van der Waals surface area contributed by atoms with Crippen LogP contribution in [-0.4, -0.2) is 31.2 Å². The van der Waals surface area contributed by atoms with Gasteiger partial charge in [-0.1, -0.05) is 40.4 Å². The van der Waals surface area contributed by atoms with Crippen LogP contribution in [0, 0.1) is 0 Å². The highest BCUT2D eigenvalue weighted by molar-refractivity contribution is 6.39. The van der Waals surface area contributed by atoms with Crippen molar-refractivity contribution in [1.82, 2.24) is 4.90 Å². The molecule has 0 N–H and O–H groups in total. The molecule has 0 aliphatic rings. The monoisotopic (exact) mass is 182 g/mol. The summed E-state index contributed by atoms with van der Waals surface area (Å²) in [7, 11) is 2.47. The first kappa shape index (κ1) is 13.0. The van der Waals surface area contributed by atoms with Gasteiger partial charge in [-0.25, -0.2) is 0 Å². The fourth-order valence-electron chi connectivity index (χ4n) is 1.81. The minimum absolute atomic E-state index is 0.685. The SMILES string of the molecule is CCCN(CC)C([B]C(C)C)CC. The molecule has 0 amide bonds. The average Bonchev–Trinajstić information content (AvgIpc) is 2.10. The largest absolute Gasteiger partial charge is 0.309 e. The lowest BCUT2D eigenvalue weighted by Crippen LogP contribution is -2.40. The third-order valence-corrected chi connectivity index (χ3v) is 2.41. The third kappa shape index (κ3) is 5.35. The Labute approximate surface area is 85.1 Å². The number of rotatable bonds is 7. The van der Waals surface area contributed by atoms with Gasteiger partial charge < -0.3 is 4.90 Å². The zero-order valence-corrected chi connectivity index (χ0v) is 10.0. The van der Waals surface area contributed by atoms with E-state index in [4.69, 9.17) is 0 Å². The summed E-state index contributed by atoms with van der Waals surface area (Å²) in [6.45, 7) is 13.7. The van der Waals surface area contributed by atoms with Crippen molar-refractivity contribution in [2.45, 2.75) is 59.2 Å². The molecule has 0 aromatic carbocycles. The molecule has 0 aromatic rings. The Bertz CT molecular complexity index is 115. The molecule has 0 saturated heterocycles. The van der Waals surface area contributed by atoms with E-state index in [1.54, 1.807) is 0 Å². The van der Waals surface area contributed by atoms with Crippen LogP contribution in [0.3, 0.4) is 0 Å². The molecule has 0 aliphatic carbocycles. The molecule has 0 spiro atoms. The van der Waals surface area contributed by atoms with Gasteiger partial charge in [-0.15, -0.1) is 0 Å². The van der Waals surface area contributed by atoms with Crippen LogP contribution in [0.4, 0.5) is 0 Å². The number of nitrogens with zero attached hydrogens (tertiary/aromatic N) is 1. The molecular weight excluding hydrogens is 157 g/mol. The summed E-state index contributed by atoms with van der Waals surface area (Å²) in [6, 6.07) is 0. The van der Waals surface area contributed by atoms with Gasteiger partial charge in [-0.2, -0.15) is 0 Å². The summed E-state index contributed by atoms with van der Waals surface area (Å²) in [6.07, 6.45) is 2.50. The Morgan fingerprint density at radius 2 is 1.77 bits per heavy atom. The molecule has 0 rings (SSSR count). The van der Waals surface area contributed by atoms with E-state index in [1.807, 2.05) is 0 Å². The highest BCUT2D eigenvalue weighted by atomic mass is 15.1. The van der Waals surface area contributed by atoms with Crippen molar-refractivity contribution in [3.05, 3.63) is 0 Å². The maximum absolute atomic E-state index is 2.57. The van der Waals surface area contributed by atoms with Gasteiger partial charge >= 0.3 is 0 Å². The molecule has 0 aromatic heterocycles. The van der Waals surface area contributed by atoms with Gasteiger partial charge in [0.15, 0.2) is 0 Å². The number of hydrogen-bond acceptors (Lipinski definition) is 1. The Kier molecular flexibility index (Phi) is 7.45. The predicted molar refractivity (Wildman–Crippen MR) is 62.5 cm³/mol. The smallest absolute Gasteiger partial charge is 0.136 e. The minimum atomic E-state index is 0.685. The molecule has 13 heavy (non-hydrogen) atoms. The Balaban J connectivity index is 4.00. The molecular formula is C11H25BN. The summed E-state index contributed by atoms with van der Waals surface area (Å²) in [5, 5.41) is 0. The molecule has 1 nitrogen and oxygen atoms in total. The van der Waals surface area contributed by atoms with Crippen LogP contribution in [0.25, 0.3) is 0 Å². The maximum atomic E-state index is 2.57. The van der Waals surface area contributed by atoms with E-state index in [0.717, 1.165) is 0 Å². The quantitative estimate of drug-likeness (QED) is 0.547. The second-order valence-electron chi connectivity index (χ2n) is 4.04. The molecule has 77 valence electrons. The van der Waals surface area contributed by atoms with E-state index in [9.17, 15) is 0 Å². The number of hydrogen-bond donors (Lipinski definition) is 0. The molecule has 0 aliphatic heterocycles. The highest BCUT2D eigenvalue weighted by Crippen LogP contribution is 2.10. The summed E-state index contributed by atoms with van der Waals surface area (Å²) >= 11 is 0. The first-order valence-corrected chi connectivity index (χ1v) is 5.74. The van der Waals surface area contributed by atoms with Gasteiger partial charge in [0.2, 0.25) is 0 Å². The van der Waals surface area contributed by atoms with E-state index in [1.165, 1.54) is 25.9 Å². The normalized spacial score (nSPS) is 13.8. The van der Waals surface area contributed by atoms with Crippen molar-refractivity contribution in [3.8, 4) is 0 Å². The van der Waals surface area contributed by atoms with Crippen molar-refractivity contribution >= 4 is 7.28 Å². The highest BCUT2D eigenvalue weighted by Gasteiger charge is 2.16. The van der Waals surface area contributed by atoms with Crippen molar-refractivity contribution in [2.24, 2.45) is 0 Å². The van der Waals surface area contributed by atoms with Crippen molar-refractivity contribution in [2.75, 3.05) is 13.1 Å². The topological polar surface area (TPSA) is 3.24 Å². The van der Waals surface area contributed by atoms with E-state index in [2.05, 4.69) is 46.8 Å². The van der Waals surface area contributed by atoms with E-state index in [-0.39, 0.29) is 0 Å². The maximum Gasteiger partial charge on any atom is 0.136 e. The summed E-state index contributed by atoms with van der Waals surface area (Å²) in [5.74, 6) is 1.39. The van der Waals surface area contributed by atoms with E-state index < -0.39 is 0 Å². The Morgan fingerprint density at radius 1 is 1.15 bits per heavy atom. The molecule has 0 bridgehead atoms. The summed E-state index contributed by atoms with van der Waals surface area (Å²) in [4.78, 5) is 2.57. The Morgan fingerprint density at radius 3 is 2.08 bits per heavy atom. The first-order chi connectivity index (χ1) is 6.15. The third-order valence-electron chi connectivity index (χ3n) is 2.41. The average molecular weight is 182 g/mol. The molecule has 1 radical (unpaired) electrons. The Hall–Kier alpha value is 0.0249. The lowest BCUT2D eigenvalue weighted by atomic mass is 9.58. The van der Waals surface area contributed by atoms with Crippen LogP contribution in [0.15, 0.2) is 0 Å². The lowest BCUT2D eigenvalue weighted by Gasteiger charge is -2.30. The summed E-state index contributed by atoms with van der Waals surface area (Å²) < 4.78 is 0. The standard InChI is InChI=1S/C11H25BN/c1-6-9-13(8-3)11(7-2)12-10(4)5/h10-11H,6-9H2,1-5H3. The zero-order chi connectivity index (χ0) is 10.3. The van der Waals surface area contributed by atoms with Crippen molar-refractivity contribution < 1.29 is 0 Å². The second-order valence-corrected chi connectivity index (χ2v) is 4.04. The van der Waals surface area contributed by atoms with Crippen LogP contribution in [0.1, 0.15) is 47.5 Å². The van der Waals surface area contributed by atoms with Gasteiger partial charge in [-0.05, 0) is 31.9 Å². The molecule has 2 heteroatoms. The lowest BCUT2D eigenvalue weighted by molar-refractivity contribution is 0.256. The molecule has 1 atom stereocenters. The van der Waals surface area contributed by atoms with Gasteiger partial charge in [0.25, 0.3) is 0 Å². The second kappa shape index (κ2) is 7.43. The fourth-order valence-corrected chi connectivity index (χ4v) is 1.81. The fraction of sp³-hybridized carbons (Fsp3) is 1.00. The van der Waals surface area contributed by atoms with Crippen molar-refractivity contribution in [3.63, 3.8) is 0 Å². The zero-order valence-electron chi connectivity index (χ0n) is 10.0. The van der Waals surface area contributed by atoms with E-state index in [0.29, 0.717) is 11.8 Å². The van der Waals surface area contributed by atoms with Gasteiger partial charge in [-0.3, -0.25) is 0 Å². The minimum Gasteiger partial charge on any atom is -0.309 e. The molecule has 0 fully saturated rings. The van der Waals surface area contributed by atoms with Crippen LogP contribution in [0.2, 0.25) is 5.82 Å². The first-order valence-electron chi connectivity index (χ1n) is 5.74. The van der Waals surface area contributed by atoms with Crippen LogP contribution < -0.4 is 0 Å². The van der Waals surface area contributed by atoms with Gasteiger partial charge in [0.1, 0.15) is 7.28 Å². The van der Waals surface area contributed by atoms with Gasteiger partial charge in [0.05, 0.1) is 0 Å². The summed E-state index contributed by atoms with van der Waals surface area (Å²) in [5.41, 5.74) is 0. The van der Waals surface area contributed by atoms with Gasteiger partial charge in [0, 0.05) is 0 Å². The van der Waals surface area contributed by atoms with Crippen LogP contribution >= 0.6 is 0 Å². The predicted octanol–water partition coefficient (Wildman–Crippen LogP) is 2.99. The van der Waals surface area contributed by atoms with Crippen LogP contribution in [0.5, 0.6) is 0 Å². The molecule has 1 unspecified atom stereocenters. The van der Waals surface area contributed by atoms with E-state index >= 15 is 0 Å². The van der Waals surface area contributed by atoms with Crippen molar-refractivity contribution in [1.29, 1.82) is 0 Å². The molecule has 0 heterocycles. The van der Waals surface area contributed by atoms with Crippen LogP contribution in [-0.2, 0) is 0 Å². The molecule has 0 saturated carbocycles.